The van der Waals surface area contributed by atoms with Crippen molar-refractivity contribution in [2.24, 2.45) is 0 Å². The molecular weight excluding hydrogens is 338 g/mol. The lowest BCUT2D eigenvalue weighted by molar-refractivity contribution is 0.221. The first-order valence-electron chi connectivity index (χ1n) is 6.49. The molecule has 1 aliphatic rings. The van der Waals surface area contributed by atoms with E-state index in [0.29, 0.717) is 5.02 Å². The summed E-state index contributed by atoms with van der Waals surface area (Å²) in [6, 6.07) is 15.9. The third-order valence-corrected chi connectivity index (χ3v) is 5.21. The normalized spacial score (nSPS) is 21.2. The molecule has 0 N–H and O–H groups in total. The Labute approximate surface area is 132 Å². The van der Waals surface area contributed by atoms with E-state index in [2.05, 4.69) is 28.9 Å². The van der Waals surface area contributed by atoms with Gasteiger partial charge in [0.05, 0.1) is 17.3 Å². The van der Waals surface area contributed by atoms with Crippen molar-refractivity contribution in [1.82, 2.24) is 0 Å². The van der Waals surface area contributed by atoms with Crippen LogP contribution in [0.2, 0.25) is 5.02 Å². The molecule has 4 heteroatoms. The molecule has 0 spiro atoms. The van der Waals surface area contributed by atoms with Gasteiger partial charge < -0.3 is 4.84 Å². The minimum absolute atomic E-state index is 0.0198. The molecule has 104 valence electrons. The predicted octanol–water partition coefficient (Wildman–Crippen LogP) is 4.81. The van der Waals surface area contributed by atoms with Gasteiger partial charge >= 0.3 is 0 Å². The molecule has 3 rings (SSSR count). The zero-order valence-electron chi connectivity index (χ0n) is 11.1. The summed E-state index contributed by atoms with van der Waals surface area (Å²) in [5.74, 6) is 0.889. The number of halogens is 2. The van der Waals surface area contributed by atoms with Gasteiger partial charge in [-0.05, 0) is 18.2 Å². The summed E-state index contributed by atoms with van der Waals surface area (Å²) < 4.78 is 0. The molecule has 2 aromatic carbocycles. The van der Waals surface area contributed by atoms with Gasteiger partial charge in [0, 0.05) is 16.3 Å². The Bertz CT molecular complexity index is 633. The lowest BCUT2D eigenvalue weighted by Gasteiger charge is -2.41. The third kappa shape index (κ3) is 2.29. The van der Waals surface area contributed by atoms with Gasteiger partial charge in [0.15, 0.2) is 5.75 Å². The van der Waals surface area contributed by atoms with E-state index in [0.717, 1.165) is 23.3 Å². The van der Waals surface area contributed by atoms with Crippen LogP contribution in [0.5, 0.6) is 5.75 Å². The lowest BCUT2D eigenvalue weighted by atomic mass is 9.83. The summed E-state index contributed by atoms with van der Waals surface area (Å²) in [4.78, 5) is 6.02. The molecular formula is C16H15BrClNO. The third-order valence-electron chi connectivity index (χ3n) is 3.65. The highest BCUT2D eigenvalue weighted by Crippen LogP contribution is 2.41. The average Bonchev–Trinajstić information content (AvgIpc) is 2.48. The summed E-state index contributed by atoms with van der Waals surface area (Å²) in [5.41, 5.74) is 2.10. The van der Waals surface area contributed by atoms with Gasteiger partial charge in [-0.1, -0.05) is 64.8 Å². The molecule has 20 heavy (non-hydrogen) atoms. The van der Waals surface area contributed by atoms with Crippen molar-refractivity contribution in [3.8, 4) is 5.75 Å². The van der Waals surface area contributed by atoms with E-state index in [1.165, 1.54) is 5.56 Å². The Morgan fingerprint density at radius 2 is 1.90 bits per heavy atom. The molecule has 1 unspecified atom stereocenters. The number of anilines is 1. The van der Waals surface area contributed by atoms with Crippen LogP contribution in [0.15, 0.2) is 48.5 Å². The van der Waals surface area contributed by atoms with Crippen LogP contribution < -0.4 is 9.90 Å². The van der Waals surface area contributed by atoms with Gasteiger partial charge in [-0.25, -0.2) is 5.06 Å². The number of rotatable bonds is 2. The Hall–Kier alpha value is -1.19. The van der Waals surface area contributed by atoms with Crippen LogP contribution in [0.25, 0.3) is 0 Å². The highest BCUT2D eigenvalue weighted by atomic mass is 79.9. The van der Waals surface area contributed by atoms with E-state index in [1.54, 1.807) is 0 Å². The van der Waals surface area contributed by atoms with Crippen molar-refractivity contribution >= 4 is 33.2 Å². The summed E-state index contributed by atoms with van der Waals surface area (Å²) in [7, 11) is 0. The van der Waals surface area contributed by atoms with Crippen molar-refractivity contribution in [2.75, 3.05) is 16.9 Å². The lowest BCUT2D eigenvalue weighted by Crippen LogP contribution is -2.46. The zero-order chi connectivity index (χ0) is 14.2. The smallest absolute Gasteiger partial charge is 0.159 e. The molecule has 2 nitrogen and oxygen atoms in total. The SMILES string of the molecule is CC1(CBr)CN(c2ccccc2Cl)Oc2ccccc21. The first-order valence-corrected chi connectivity index (χ1v) is 7.99. The van der Waals surface area contributed by atoms with E-state index in [1.807, 2.05) is 47.5 Å². The minimum atomic E-state index is -0.0198. The molecule has 0 fully saturated rings. The maximum Gasteiger partial charge on any atom is 0.159 e. The highest BCUT2D eigenvalue weighted by molar-refractivity contribution is 9.09. The fourth-order valence-electron chi connectivity index (χ4n) is 2.50. The minimum Gasteiger partial charge on any atom is -0.379 e. The number of hydroxylamine groups is 1. The predicted molar refractivity (Wildman–Crippen MR) is 87.0 cm³/mol. The number of para-hydroxylation sites is 2. The van der Waals surface area contributed by atoms with Gasteiger partial charge in [-0.3, -0.25) is 0 Å². The van der Waals surface area contributed by atoms with Crippen LogP contribution in [0.1, 0.15) is 12.5 Å². The summed E-state index contributed by atoms with van der Waals surface area (Å²) in [5, 5.41) is 3.44. The van der Waals surface area contributed by atoms with Crippen LogP contribution in [-0.2, 0) is 5.41 Å². The number of hydrogen-bond donors (Lipinski definition) is 0. The second-order valence-corrected chi connectivity index (χ2v) is 6.24. The topological polar surface area (TPSA) is 12.5 Å². The fraction of sp³-hybridized carbons (Fsp3) is 0.250. The van der Waals surface area contributed by atoms with Crippen LogP contribution in [0, 0.1) is 0 Å². The zero-order valence-corrected chi connectivity index (χ0v) is 13.5. The maximum absolute atomic E-state index is 6.29. The van der Waals surface area contributed by atoms with Crippen LogP contribution in [-0.4, -0.2) is 11.9 Å². The van der Waals surface area contributed by atoms with Gasteiger partial charge in [0.1, 0.15) is 0 Å². The molecule has 1 heterocycles. The molecule has 0 saturated carbocycles. The standard InChI is InChI=1S/C16H15BrClNO/c1-16(10-17)11-19(14-8-4-3-7-13(14)18)20-15-9-5-2-6-12(15)16/h2-9H,10-11H2,1H3. The average molecular weight is 353 g/mol. The largest absolute Gasteiger partial charge is 0.379 e. The molecule has 0 aromatic heterocycles. The monoisotopic (exact) mass is 351 g/mol. The molecule has 0 amide bonds. The summed E-state index contributed by atoms with van der Waals surface area (Å²) >= 11 is 9.93. The molecule has 2 aromatic rings. The molecule has 0 bridgehead atoms. The Morgan fingerprint density at radius 1 is 1.20 bits per heavy atom. The number of benzene rings is 2. The molecule has 1 aliphatic heterocycles. The van der Waals surface area contributed by atoms with Gasteiger partial charge in [0.25, 0.3) is 0 Å². The number of alkyl halides is 1. The first-order chi connectivity index (χ1) is 9.64. The van der Waals surface area contributed by atoms with Crippen molar-refractivity contribution in [2.45, 2.75) is 12.3 Å². The second kappa shape index (κ2) is 5.30. The van der Waals surface area contributed by atoms with E-state index in [-0.39, 0.29) is 5.41 Å². The van der Waals surface area contributed by atoms with Gasteiger partial charge in [-0.15, -0.1) is 0 Å². The van der Waals surface area contributed by atoms with Crippen molar-refractivity contribution in [1.29, 1.82) is 0 Å². The molecule has 0 radical (unpaired) electrons. The first kappa shape index (κ1) is 13.8. The van der Waals surface area contributed by atoms with E-state index < -0.39 is 0 Å². The molecule has 0 saturated heterocycles. The van der Waals surface area contributed by atoms with Crippen LogP contribution in [0.3, 0.4) is 0 Å². The van der Waals surface area contributed by atoms with Crippen LogP contribution >= 0.6 is 27.5 Å². The number of hydrogen-bond acceptors (Lipinski definition) is 2. The van der Waals surface area contributed by atoms with Gasteiger partial charge in [0.2, 0.25) is 0 Å². The quantitative estimate of drug-likeness (QED) is 0.719. The van der Waals surface area contributed by atoms with E-state index in [9.17, 15) is 0 Å². The molecule has 0 aliphatic carbocycles. The Balaban J connectivity index is 2.05. The van der Waals surface area contributed by atoms with Crippen LogP contribution in [0.4, 0.5) is 5.69 Å². The maximum atomic E-state index is 6.29. The van der Waals surface area contributed by atoms with Crippen molar-refractivity contribution in [3.63, 3.8) is 0 Å². The number of nitrogens with zero attached hydrogens (tertiary/aromatic N) is 1. The number of fused-ring (bicyclic) bond motifs is 1. The van der Waals surface area contributed by atoms with Gasteiger partial charge in [-0.2, -0.15) is 0 Å². The Morgan fingerprint density at radius 3 is 2.65 bits per heavy atom. The summed E-state index contributed by atoms with van der Waals surface area (Å²) in [6.07, 6.45) is 0. The van der Waals surface area contributed by atoms with E-state index >= 15 is 0 Å². The van der Waals surface area contributed by atoms with Crippen molar-refractivity contribution < 1.29 is 4.84 Å². The second-order valence-electron chi connectivity index (χ2n) is 5.27. The van der Waals surface area contributed by atoms with Crippen molar-refractivity contribution in [3.05, 3.63) is 59.1 Å². The Kier molecular flexibility index (Phi) is 3.65. The molecule has 1 atom stereocenters. The fourth-order valence-corrected chi connectivity index (χ4v) is 3.21. The van der Waals surface area contributed by atoms with E-state index in [4.69, 9.17) is 16.4 Å². The summed E-state index contributed by atoms with van der Waals surface area (Å²) in [6.45, 7) is 2.98. The highest BCUT2D eigenvalue weighted by Gasteiger charge is 2.37.